The van der Waals surface area contributed by atoms with Crippen molar-refractivity contribution in [2.45, 2.75) is 18.6 Å². The molecule has 0 amide bonds. The minimum atomic E-state index is -0.752. The Balaban J connectivity index is 1.90. The summed E-state index contributed by atoms with van der Waals surface area (Å²) >= 11 is 3.45. The Morgan fingerprint density at radius 1 is 1.29 bits per heavy atom. The van der Waals surface area contributed by atoms with Crippen molar-refractivity contribution >= 4 is 15.9 Å². The van der Waals surface area contributed by atoms with Crippen molar-refractivity contribution in [3.05, 3.63) is 33.8 Å². The summed E-state index contributed by atoms with van der Waals surface area (Å²) in [6, 6.07) is 6.13. The van der Waals surface area contributed by atoms with Crippen LogP contribution in [0.25, 0.3) is 0 Å². The number of fused-ring (bicyclic) bond motifs is 1. The van der Waals surface area contributed by atoms with Gasteiger partial charge in [0.15, 0.2) is 0 Å². The minimum Gasteiger partial charge on any atom is -0.314 e. The van der Waals surface area contributed by atoms with Crippen LogP contribution >= 0.6 is 15.9 Å². The second-order valence-electron chi connectivity index (χ2n) is 4.79. The molecule has 1 saturated heterocycles. The summed E-state index contributed by atoms with van der Waals surface area (Å²) in [5.74, 6) is 0. The van der Waals surface area contributed by atoms with E-state index in [4.69, 9.17) is 0 Å². The molecule has 0 bridgehead atoms. The van der Waals surface area contributed by atoms with Gasteiger partial charge in [-0.05, 0) is 23.3 Å². The van der Waals surface area contributed by atoms with Crippen LogP contribution in [0.5, 0.6) is 0 Å². The molecule has 1 aliphatic carbocycles. The molecule has 1 N–H and O–H groups in total. The summed E-state index contributed by atoms with van der Waals surface area (Å²) in [5, 5.41) is 3.31. The molecule has 1 heterocycles. The fourth-order valence-electron chi connectivity index (χ4n) is 2.94. The molecule has 2 nitrogen and oxygen atoms in total. The normalized spacial score (nSPS) is 29.3. The lowest BCUT2D eigenvalue weighted by Crippen LogP contribution is -2.46. The van der Waals surface area contributed by atoms with E-state index in [0.717, 1.165) is 36.2 Å². The third-order valence-electron chi connectivity index (χ3n) is 3.73. The van der Waals surface area contributed by atoms with Gasteiger partial charge >= 0.3 is 0 Å². The summed E-state index contributed by atoms with van der Waals surface area (Å²) in [6.07, 6.45) is -0.194. The Kier molecular flexibility index (Phi) is 3.19. The van der Waals surface area contributed by atoms with Crippen LogP contribution in [0.3, 0.4) is 0 Å². The first-order chi connectivity index (χ1) is 8.25. The Morgan fingerprint density at radius 3 is 2.82 bits per heavy atom. The molecular formula is C13H16BrFN2. The predicted octanol–water partition coefficient (Wildman–Crippen LogP) is 2.29. The zero-order chi connectivity index (χ0) is 11.8. The molecule has 0 radical (unpaired) electrons. The molecule has 17 heavy (non-hydrogen) atoms. The quantitative estimate of drug-likeness (QED) is 0.856. The lowest BCUT2D eigenvalue weighted by atomic mass is 10.1. The SMILES string of the molecule is F[C@H]1Cc2cc(Br)ccc2[C@H]1N1CCNCC1. The van der Waals surface area contributed by atoms with Crippen molar-refractivity contribution in [1.29, 1.82) is 0 Å². The summed E-state index contributed by atoms with van der Waals surface area (Å²) in [7, 11) is 0. The maximum atomic E-state index is 14.2. The number of piperazine rings is 1. The second kappa shape index (κ2) is 4.67. The van der Waals surface area contributed by atoms with Gasteiger partial charge in [-0.25, -0.2) is 4.39 Å². The average Bonchev–Trinajstić information content (AvgIpc) is 2.65. The predicted molar refractivity (Wildman–Crippen MR) is 69.9 cm³/mol. The zero-order valence-electron chi connectivity index (χ0n) is 9.63. The molecule has 2 atom stereocenters. The smallest absolute Gasteiger partial charge is 0.124 e. The van der Waals surface area contributed by atoms with Gasteiger partial charge in [-0.2, -0.15) is 0 Å². The molecule has 1 aromatic rings. The van der Waals surface area contributed by atoms with Crippen molar-refractivity contribution in [2.24, 2.45) is 0 Å². The van der Waals surface area contributed by atoms with Gasteiger partial charge < -0.3 is 5.32 Å². The van der Waals surface area contributed by atoms with Gasteiger partial charge in [-0.1, -0.05) is 22.0 Å². The Labute approximate surface area is 109 Å². The van der Waals surface area contributed by atoms with Gasteiger partial charge in [0.2, 0.25) is 0 Å². The molecule has 3 rings (SSSR count). The van der Waals surface area contributed by atoms with Crippen molar-refractivity contribution in [1.82, 2.24) is 10.2 Å². The van der Waals surface area contributed by atoms with Gasteiger partial charge in [0.25, 0.3) is 0 Å². The Bertz CT molecular complexity index is 418. The summed E-state index contributed by atoms with van der Waals surface area (Å²) in [4.78, 5) is 2.28. The van der Waals surface area contributed by atoms with Gasteiger partial charge in [-0.15, -0.1) is 0 Å². The number of nitrogens with one attached hydrogen (secondary N) is 1. The highest BCUT2D eigenvalue weighted by Gasteiger charge is 2.37. The Hall–Kier alpha value is -0.450. The van der Waals surface area contributed by atoms with Crippen molar-refractivity contribution in [2.75, 3.05) is 26.2 Å². The first-order valence-corrected chi connectivity index (χ1v) is 6.92. The van der Waals surface area contributed by atoms with Gasteiger partial charge in [0, 0.05) is 37.1 Å². The maximum absolute atomic E-state index is 14.2. The van der Waals surface area contributed by atoms with E-state index < -0.39 is 6.17 Å². The molecule has 0 spiro atoms. The number of nitrogens with zero attached hydrogens (tertiary/aromatic N) is 1. The number of benzene rings is 1. The molecule has 1 aliphatic heterocycles. The van der Waals surface area contributed by atoms with E-state index in [2.05, 4.69) is 38.3 Å². The highest BCUT2D eigenvalue weighted by atomic mass is 79.9. The molecule has 2 aliphatic rings. The van der Waals surface area contributed by atoms with Crippen LogP contribution in [0.4, 0.5) is 4.39 Å². The third kappa shape index (κ3) is 2.14. The first-order valence-electron chi connectivity index (χ1n) is 6.13. The number of hydrogen-bond acceptors (Lipinski definition) is 2. The van der Waals surface area contributed by atoms with E-state index in [-0.39, 0.29) is 6.04 Å². The lowest BCUT2D eigenvalue weighted by Gasteiger charge is -2.34. The van der Waals surface area contributed by atoms with E-state index >= 15 is 0 Å². The van der Waals surface area contributed by atoms with Crippen LogP contribution in [0.2, 0.25) is 0 Å². The van der Waals surface area contributed by atoms with E-state index in [0.29, 0.717) is 6.42 Å². The third-order valence-corrected chi connectivity index (χ3v) is 4.22. The summed E-state index contributed by atoms with van der Waals surface area (Å²) < 4.78 is 15.3. The van der Waals surface area contributed by atoms with Gasteiger partial charge in [0.05, 0.1) is 6.04 Å². The van der Waals surface area contributed by atoms with Crippen molar-refractivity contribution < 1.29 is 4.39 Å². The van der Waals surface area contributed by atoms with E-state index in [1.165, 1.54) is 5.56 Å². The molecule has 92 valence electrons. The van der Waals surface area contributed by atoms with Crippen molar-refractivity contribution in [3.8, 4) is 0 Å². The number of alkyl halides is 1. The molecule has 1 fully saturated rings. The largest absolute Gasteiger partial charge is 0.314 e. The number of halogens is 2. The Morgan fingerprint density at radius 2 is 2.06 bits per heavy atom. The summed E-state index contributed by atoms with van der Waals surface area (Å²) in [6.45, 7) is 3.82. The van der Waals surface area contributed by atoms with Crippen LogP contribution in [0.1, 0.15) is 17.2 Å². The van der Waals surface area contributed by atoms with Crippen LogP contribution in [0, 0.1) is 0 Å². The lowest BCUT2D eigenvalue weighted by molar-refractivity contribution is 0.109. The molecule has 4 heteroatoms. The van der Waals surface area contributed by atoms with E-state index in [1.54, 1.807) is 0 Å². The topological polar surface area (TPSA) is 15.3 Å². The molecule has 0 unspecified atom stereocenters. The summed E-state index contributed by atoms with van der Waals surface area (Å²) in [5.41, 5.74) is 2.35. The highest BCUT2D eigenvalue weighted by molar-refractivity contribution is 9.10. The number of hydrogen-bond donors (Lipinski definition) is 1. The maximum Gasteiger partial charge on any atom is 0.124 e. The minimum absolute atomic E-state index is 0.0276. The van der Waals surface area contributed by atoms with Crippen LogP contribution in [-0.4, -0.2) is 37.3 Å². The zero-order valence-corrected chi connectivity index (χ0v) is 11.2. The van der Waals surface area contributed by atoms with Crippen molar-refractivity contribution in [3.63, 3.8) is 0 Å². The number of rotatable bonds is 1. The van der Waals surface area contributed by atoms with Crippen LogP contribution in [0.15, 0.2) is 22.7 Å². The molecular weight excluding hydrogens is 283 g/mol. The van der Waals surface area contributed by atoms with Gasteiger partial charge in [0.1, 0.15) is 6.17 Å². The van der Waals surface area contributed by atoms with E-state index in [9.17, 15) is 4.39 Å². The second-order valence-corrected chi connectivity index (χ2v) is 5.71. The highest BCUT2D eigenvalue weighted by Crippen LogP contribution is 2.39. The van der Waals surface area contributed by atoms with Crippen LogP contribution < -0.4 is 5.32 Å². The molecule has 0 aromatic heterocycles. The van der Waals surface area contributed by atoms with E-state index in [1.807, 2.05) is 6.07 Å². The molecule has 0 saturated carbocycles. The molecule has 1 aromatic carbocycles. The fourth-order valence-corrected chi connectivity index (χ4v) is 3.35. The van der Waals surface area contributed by atoms with Gasteiger partial charge in [-0.3, -0.25) is 4.90 Å². The average molecular weight is 299 g/mol. The first kappa shape index (κ1) is 11.6. The van der Waals surface area contributed by atoms with Crippen LogP contribution in [-0.2, 0) is 6.42 Å². The monoisotopic (exact) mass is 298 g/mol. The fraction of sp³-hybridized carbons (Fsp3) is 0.538. The standard InChI is InChI=1S/C13H16BrFN2/c14-10-1-2-11-9(7-10)8-12(15)13(11)17-5-3-16-4-6-17/h1-2,7,12-13,16H,3-6,8H2/t12-,13+/m0/s1.